The molecule has 6 heteroatoms. The third-order valence-corrected chi connectivity index (χ3v) is 5.65. The SMILES string of the molecule is CC(CNc1nc2c(s1)CCCC2C(=O)O)N1CCCC1. The van der Waals surface area contributed by atoms with E-state index >= 15 is 0 Å². The fourth-order valence-electron chi connectivity index (χ4n) is 3.28. The summed E-state index contributed by atoms with van der Waals surface area (Å²) in [5.41, 5.74) is 0.801. The average molecular weight is 309 g/mol. The van der Waals surface area contributed by atoms with E-state index in [1.54, 1.807) is 11.3 Å². The summed E-state index contributed by atoms with van der Waals surface area (Å²) in [7, 11) is 0. The summed E-state index contributed by atoms with van der Waals surface area (Å²) in [4.78, 5) is 19.5. The van der Waals surface area contributed by atoms with Crippen LogP contribution >= 0.6 is 11.3 Å². The first-order valence-corrected chi connectivity index (χ1v) is 8.67. The van der Waals surface area contributed by atoms with Crippen LogP contribution in [0.3, 0.4) is 0 Å². The Morgan fingerprint density at radius 1 is 1.48 bits per heavy atom. The van der Waals surface area contributed by atoms with Gasteiger partial charge in [0, 0.05) is 17.5 Å². The summed E-state index contributed by atoms with van der Waals surface area (Å²) >= 11 is 1.64. The van der Waals surface area contributed by atoms with E-state index in [4.69, 9.17) is 0 Å². The van der Waals surface area contributed by atoms with E-state index in [1.807, 2.05) is 0 Å². The van der Waals surface area contributed by atoms with E-state index < -0.39 is 11.9 Å². The van der Waals surface area contributed by atoms with Crippen molar-refractivity contribution in [1.82, 2.24) is 9.88 Å². The second-order valence-corrected chi connectivity index (χ2v) is 7.17. The predicted octanol–water partition coefficient (Wildman–Crippen LogP) is 2.54. The maximum atomic E-state index is 11.3. The minimum Gasteiger partial charge on any atom is -0.481 e. The average Bonchev–Trinajstić information content (AvgIpc) is 3.12. The van der Waals surface area contributed by atoms with E-state index in [-0.39, 0.29) is 0 Å². The van der Waals surface area contributed by atoms with Gasteiger partial charge < -0.3 is 10.4 Å². The maximum absolute atomic E-state index is 11.3. The first-order chi connectivity index (χ1) is 10.1. The highest BCUT2D eigenvalue weighted by Gasteiger charge is 2.30. The van der Waals surface area contributed by atoms with Crippen molar-refractivity contribution in [2.24, 2.45) is 0 Å². The molecule has 0 aromatic carbocycles. The molecule has 0 amide bonds. The molecule has 5 nitrogen and oxygen atoms in total. The highest BCUT2D eigenvalue weighted by atomic mass is 32.1. The number of fused-ring (bicyclic) bond motifs is 1. The number of anilines is 1. The third-order valence-electron chi connectivity index (χ3n) is 4.57. The van der Waals surface area contributed by atoms with Gasteiger partial charge in [-0.2, -0.15) is 0 Å². The van der Waals surface area contributed by atoms with Gasteiger partial charge in [0.05, 0.1) is 5.69 Å². The van der Waals surface area contributed by atoms with Gasteiger partial charge in [0.1, 0.15) is 5.92 Å². The van der Waals surface area contributed by atoms with Crippen LogP contribution in [-0.4, -0.2) is 46.6 Å². The number of hydrogen-bond acceptors (Lipinski definition) is 5. The number of nitrogens with zero attached hydrogens (tertiary/aromatic N) is 2. The molecule has 2 heterocycles. The van der Waals surface area contributed by atoms with Crippen LogP contribution in [0.2, 0.25) is 0 Å². The number of hydrogen-bond donors (Lipinski definition) is 2. The van der Waals surface area contributed by atoms with Crippen LogP contribution in [0, 0.1) is 0 Å². The quantitative estimate of drug-likeness (QED) is 0.875. The normalized spacial score (nSPS) is 23.8. The molecule has 116 valence electrons. The summed E-state index contributed by atoms with van der Waals surface area (Å²) in [6.07, 6.45) is 5.25. The van der Waals surface area contributed by atoms with Crippen molar-refractivity contribution < 1.29 is 9.90 Å². The van der Waals surface area contributed by atoms with Crippen molar-refractivity contribution >= 4 is 22.4 Å². The number of aliphatic carboxylic acids is 1. The molecule has 0 bridgehead atoms. The number of thiazole rings is 1. The Morgan fingerprint density at radius 3 is 2.95 bits per heavy atom. The van der Waals surface area contributed by atoms with Gasteiger partial charge in [-0.25, -0.2) is 4.98 Å². The standard InChI is InChI=1S/C15H23N3O2S/c1-10(18-7-2-3-8-18)9-16-15-17-13-11(14(19)20)5-4-6-12(13)21-15/h10-11H,2-9H2,1H3,(H,16,17)(H,19,20). The molecule has 2 aliphatic rings. The molecule has 2 atom stereocenters. The Bertz CT molecular complexity index is 511. The van der Waals surface area contributed by atoms with Crippen molar-refractivity contribution in [3.63, 3.8) is 0 Å². The van der Waals surface area contributed by atoms with Crippen molar-refractivity contribution in [3.8, 4) is 0 Å². The first-order valence-electron chi connectivity index (χ1n) is 7.85. The fourth-order valence-corrected chi connectivity index (χ4v) is 4.35. The molecular formula is C15H23N3O2S. The van der Waals surface area contributed by atoms with Crippen LogP contribution in [0.4, 0.5) is 5.13 Å². The molecule has 21 heavy (non-hydrogen) atoms. The van der Waals surface area contributed by atoms with Crippen molar-refractivity contribution in [2.45, 2.75) is 51.0 Å². The smallest absolute Gasteiger partial charge is 0.312 e. The highest BCUT2D eigenvalue weighted by molar-refractivity contribution is 7.15. The Morgan fingerprint density at radius 2 is 2.24 bits per heavy atom. The predicted molar refractivity (Wildman–Crippen MR) is 84.2 cm³/mol. The van der Waals surface area contributed by atoms with Gasteiger partial charge in [-0.15, -0.1) is 11.3 Å². The van der Waals surface area contributed by atoms with E-state index in [0.717, 1.165) is 41.5 Å². The summed E-state index contributed by atoms with van der Waals surface area (Å²) in [6.45, 7) is 5.51. The fraction of sp³-hybridized carbons (Fsp3) is 0.733. The zero-order valence-electron chi connectivity index (χ0n) is 12.5. The van der Waals surface area contributed by atoms with Gasteiger partial charge >= 0.3 is 5.97 Å². The zero-order valence-corrected chi connectivity index (χ0v) is 13.3. The minimum atomic E-state index is -0.738. The topological polar surface area (TPSA) is 65.5 Å². The number of aryl methyl sites for hydroxylation is 1. The molecule has 2 unspecified atom stereocenters. The largest absolute Gasteiger partial charge is 0.481 e. The molecule has 1 aliphatic carbocycles. The van der Waals surface area contributed by atoms with Crippen LogP contribution in [0.15, 0.2) is 0 Å². The lowest BCUT2D eigenvalue weighted by atomic mass is 9.91. The number of nitrogens with one attached hydrogen (secondary N) is 1. The number of rotatable bonds is 5. The molecule has 0 saturated carbocycles. The lowest BCUT2D eigenvalue weighted by molar-refractivity contribution is -0.139. The van der Waals surface area contributed by atoms with Gasteiger partial charge in [0.2, 0.25) is 0 Å². The molecule has 0 radical (unpaired) electrons. The summed E-state index contributed by atoms with van der Waals surface area (Å²) in [5, 5.41) is 13.6. The molecule has 3 rings (SSSR count). The molecule has 1 aliphatic heterocycles. The third kappa shape index (κ3) is 3.21. The first kappa shape index (κ1) is 14.8. The summed E-state index contributed by atoms with van der Waals surface area (Å²) in [6, 6.07) is 0.503. The van der Waals surface area contributed by atoms with Crippen molar-refractivity contribution in [1.29, 1.82) is 0 Å². The summed E-state index contributed by atoms with van der Waals surface area (Å²) in [5.74, 6) is -1.14. The Labute approximate surface area is 129 Å². The van der Waals surface area contributed by atoms with E-state index in [1.165, 1.54) is 25.9 Å². The van der Waals surface area contributed by atoms with Gasteiger partial charge in [-0.1, -0.05) is 0 Å². The minimum absolute atomic E-state index is 0.406. The molecule has 0 spiro atoms. The molecular weight excluding hydrogens is 286 g/mol. The molecule has 1 saturated heterocycles. The van der Waals surface area contributed by atoms with Crippen molar-refractivity contribution in [2.75, 3.05) is 25.0 Å². The number of likely N-dealkylation sites (tertiary alicyclic amines) is 1. The van der Waals surface area contributed by atoms with Crippen LogP contribution in [0.1, 0.15) is 49.1 Å². The van der Waals surface area contributed by atoms with Gasteiger partial charge in [-0.3, -0.25) is 9.69 Å². The lowest BCUT2D eigenvalue weighted by Gasteiger charge is -2.23. The van der Waals surface area contributed by atoms with Crippen molar-refractivity contribution in [3.05, 3.63) is 10.6 Å². The van der Waals surface area contributed by atoms with Gasteiger partial charge in [0.25, 0.3) is 0 Å². The van der Waals surface area contributed by atoms with Crippen LogP contribution in [0.25, 0.3) is 0 Å². The zero-order chi connectivity index (χ0) is 14.8. The number of aromatic nitrogens is 1. The maximum Gasteiger partial charge on any atom is 0.312 e. The Kier molecular flexibility index (Phi) is 4.45. The molecule has 1 fully saturated rings. The van der Waals surface area contributed by atoms with E-state index in [2.05, 4.69) is 22.1 Å². The number of carboxylic acids is 1. The van der Waals surface area contributed by atoms with E-state index in [9.17, 15) is 9.90 Å². The highest BCUT2D eigenvalue weighted by Crippen LogP contribution is 2.36. The van der Waals surface area contributed by atoms with Gasteiger partial charge in [0.15, 0.2) is 5.13 Å². The van der Waals surface area contributed by atoms with Crippen LogP contribution in [-0.2, 0) is 11.2 Å². The monoisotopic (exact) mass is 309 g/mol. The Hall–Kier alpha value is -1.14. The molecule has 1 aromatic heterocycles. The lowest BCUT2D eigenvalue weighted by Crippen LogP contribution is -2.35. The second kappa shape index (κ2) is 6.32. The summed E-state index contributed by atoms with van der Waals surface area (Å²) < 4.78 is 0. The van der Waals surface area contributed by atoms with E-state index in [0.29, 0.717) is 6.04 Å². The van der Waals surface area contributed by atoms with Crippen LogP contribution < -0.4 is 5.32 Å². The number of carboxylic acid groups (broad SMARTS) is 1. The molecule has 2 N–H and O–H groups in total. The van der Waals surface area contributed by atoms with Crippen LogP contribution in [0.5, 0.6) is 0 Å². The second-order valence-electron chi connectivity index (χ2n) is 6.08. The Balaban J connectivity index is 1.63. The molecule has 1 aromatic rings. The number of carbonyl (C=O) groups is 1. The van der Waals surface area contributed by atoms with Gasteiger partial charge in [-0.05, 0) is 52.1 Å².